The number of imidazole rings is 1. The number of aryl methyl sites for hydroxylation is 2. The highest BCUT2D eigenvalue weighted by Crippen LogP contribution is 2.25. The van der Waals surface area contributed by atoms with Crippen molar-refractivity contribution in [2.45, 2.75) is 30.8 Å². The maximum atomic E-state index is 12.5. The van der Waals surface area contributed by atoms with Crippen molar-refractivity contribution in [1.82, 2.24) is 14.5 Å². The Balaban J connectivity index is 1.38. The Morgan fingerprint density at radius 1 is 1.27 bits per heavy atom. The zero-order chi connectivity index (χ0) is 18.4. The van der Waals surface area contributed by atoms with Crippen LogP contribution in [0.4, 0.5) is 0 Å². The van der Waals surface area contributed by atoms with Gasteiger partial charge in [0.25, 0.3) is 0 Å². The van der Waals surface area contributed by atoms with E-state index in [0.717, 1.165) is 49.0 Å². The number of hydrogen-bond acceptors (Lipinski definition) is 4. The number of hydrogen-bond donors (Lipinski definition) is 0. The van der Waals surface area contributed by atoms with Gasteiger partial charge in [0.2, 0.25) is 5.91 Å². The molecule has 2 heterocycles. The predicted molar refractivity (Wildman–Crippen MR) is 105 cm³/mol. The normalized spacial score (nSPS) is 15.2. The molecule has 0 unspecified atom stereocenters. The Bertz CT molecular complexity index is 706. The molecule has 0 saturated carbocycles. The number of nitrogens with zero attached hydrogens (tertiary/aromatic N) is 3. The molecule has 1 fully saturated rings. The molecule has 1 aliphatic rings. The van der Waals surface area contributed by atoms with Crippen LogP contribution in [0.2, 0.25) is 0 Å². The van der Waals surface area contributed by atoms with Crippen molar-refractivity contribution in [2.24, 2.45) is 13.0 Å². The van der Waals surface area contributed by atoms with E-state index in [-0.39, 0.29) is 5.91 Å². The maximum absolute atomic E-state index is 12.5. The first-order valence-corrected chi connectivity index (χ1v) is 10.1. The zero-order valence-corrected chi connectivity index (χ0v) is 16.4. The average molecular weight is 374 g/mol. The Morgan fingerprint density at radius 3 is 2.62 bits per heavy atom. The van der Waals surface area contributed by atoms with E-state index in [4.69, 9.17) is 4.74 Å². The first-order valence-electron chi connectivity index (χ1n) is 9.16. The number of methoxy groups -OCH3 is 1. The van der Waals surface area contributed by atoms with Crippen LogP contribution in [0.15, 0.2) is 41.8 Å². The summed E-state index contributed by atoms with van der Waals surface area (Å²) in [5.41, 5.74) is 1.18. The number of thioether (sulfide) groups is 1. The minimum atomic E-state index is 0.274. The van der Waals surface area contributed by atoms with E-state index >= 15 is 0 Å². The number of carbonyl (C=O) groups excluding carboxylic acids is 1. The monoisotopic (exact) mass is 373 g/mol. The van der Waals surface area contributed by atoms with Crippen LogP contribution in [-0.4, -0.2) is 46.3 Å². The number of aromatic nitrogens is 2. The first kappa shape index (κ1) is 18.8. The largest absolute Gasteiger partial charge is 0.497 e. The quantitative estimate of drug-likeness (QED) is 0.698. The summed E-state index contributed by atoms with van der Waals surface area (Å²) in [7, 11) is 3.69. The second kappa shape index (κ2) is 9.12. The summed E-state index contributed by atoms with van der Waals surface area (Å²) in [5.74, 6) is 2.88. The number of carbonyl (C=O) groups is 1. The molecule has 1 amide bonds. The van der Waals surface area contributed by atoms with Gasteiger partial charge in [0.15, 0.2) is 5.16 Å². The second-order valence-electron chi connectivity index (χ2n) is 6.80. The molecule has 0 atom stereocenters. The molecule has 1 aliphatic heterocycles. The van der Waals surface area contributed by atoms with Crippen LogP contribution in [0, 0.1) is 5.92 Å². The van der Waals surface area contributed by atoms with Gasteiger partial charge >= 0.3 is 0 Å². The minimum Gasteiger partial charge on any atom is -0.497 e. The first-order chi connectivity index (χ1) is 12.7. The molecule has 26 heavy (non-hydrogen) atoms. The van der Waals surface area contributed by atoms with Crippen molar-refractivity contribution >= 4 is 17.7 Å². The van der Waals surface area contributed by atoms with Crippen molar-refractivity contribution in [3.8, 4) is 5.75 Å². The third-order valence-electron chi connectivity index (χ3n) is 4.98. The summed E-state index contributed by atoms with van der Waals surface area (Å²) >= 11 is 1.82. The predicted octanol–water partition coefficient (Wildman–Crippen LogP) is 3.39. The SMILES string of the molecule is COc1ccc(CCC(=O)N2CCC(CSc3nccn3C)CC2)cc1. The van der Waals surface area contributed by atoms with Crippen LogP contribution in [0.3, 0.4) is 0 Å². The Labute approximate surface area is 159 Å². The molecule has 0 spiro atoms. The lowest BCUT2D eigenvalue weighted by molar-refractivity contribution is -0.132. The van der Waals surface area contributed by atoms with Crippen LogP contribution < -0.4 is 4.74 Å². The molecule has 2 aromatic rings. The van der Waals surface area contributed by atoms with E-state index in [1.165, 1.54) is 5.56 Å². The summed E-state index contributed by atoms with van der Waals surface area (Å²) in [4.78, 5) is 18.9. The minimum absolute atomic E-state index is 0.274. The number of likely N-dealkylation sites (tertiary alicyclic amines) is 1. The molecule has 6 heteroatoms. The molecule has 3 rings (SSSR count). The van der Waals surface area contributed by atoms with Gasteiger partial charge < -0.3 is 14.2 Å². The molecular formula is C20H27N3O2S. The van der Waals surface area contributed by atoms with Crippen LogP contribution in [0.5, 0.6) is 5.75 Å². The van der Waals surface area contributed by atoms with E-state index in [2.05, 4.69) is 9.55 Å². The van der Waals surface area contributed by atoms with Crippen molar-refractivity contribution in [3.05, 3.63) is 42.2 Å². The van der Waals surface area contributed by atoms with Gasteiger partial charge in [0, 0.05) is 44.7 Å². The van der Waals surface area contributed by atoms with Gasteiger partial charge in [-0.25, -0.2) is 4.98 Å². The molecule has 1 saturated heterocycles. The van der Waals surface area contributed by atoms with Crippen LogP contribution in [0.1, 0.15) is 24.8 Å². The summed E-state index contributed by atoms with van der Waals surface area (Å²) in [6.07, 6.45) is 7.37. The Hall–Kier alpha value is -1.95. The molecule has 0 radical (unpaired) electrons. The number of ether oxygens (including phenoxy) is 1. The summed E-state index contributed by atoms with van der Waals surface area (Å²) < 4.78 is 7.23. The summed E-state index contributed by atoms with van der Waals surface area (Å²) in [5, 5.41) is 1.07. The Morgan fingerprint density at radius 2 is 2.00 bits per heavy atom. The molecule has 1 aromatic carbocycles. The fourth-order valence-corrected chi connectivity index (χ4v) is 4.35. The van der Waals surface area contributed by atoms with Gasteiger partial charge in [-0.1, -0.05) is 23.9 Å². The molecule has 0 N–H and O–H groups in total. The highest BCUT2D eigenvalue weighted by Gasteiger charge is 2.23. The summed E-state index contributed by atoms with van der Waals surface area (Å²) in [6.45, 7) is 1.76. The van der Waals surface area contributed by atoms with E-state index in [0.29, 0.717) is 12.3 Å². The highest BCUT2D eigenvalue weighted by molar-refractivity contribution is 7.99. The lowest BCUT2D eigenvalue weighted by Crippen LogP contribution is -2.39. The topological polar surface area (TPSA) is 47.4 Å². The van der Waals surface area contributed by atoms with Gasteiger partial charge in [0.05, 0.1) is 7.11 Å². The molecule has 140 valence electrons. The van der Waals surface area contributed by atoms with Crippen molar-refractivity contribution < 1.29 is 9.53 Å². The van der Waals surface area contributed by atoms with Crippen LogP contribution in [-0.2, 0) is 18.3 Å². The fourth-order valence-electron chi connectivity index (χ4n) is 3.23. The lowest BCUT2D eigenvalue weighted by Gasteiger charge is -2.32. The number of rotatable bonds is 7. The molecule has 5 nitrogen and oxygen atoms in total. The van der Waals surface area contributed by atoms with E-state index in [9.17, 15) is 4.79 Å². The standard InChI is InChI=1S/C20H27N3O2S/c1-22-14-11-21-20(22)26-15-17-9-12-23(13-10-17)19(24)8-5-16-3-6-18(25-2)7-4-16/h3-4,6-7,11,14,17H,5,8-10,12-13,15H2,1-2H3. The second-order valence-corrected chi connectivity index (χ2v) is 7.79. The molecule has 1 aromatic heterocycles. The van der Waals surface area contributed by atoms with Crippen molar-refractivity contribution in [3.63, 3.8) is 0 Å². The Kier molecular flexibility index (Phi) is 6.61. The maximum Gasteiger partial charge on any atom is 0.222 e. The third kappa shape index (κ3) is 5.04. The van der Waals surface area contributed by atoms with Crippen molar-refractivity contribution in [1.29, 1.82) is 0 Å². The van der Waals surface area contributed by atoms with Gasteiger partial charge in [-0.2, -0.15) is 0 Å². The number of benzene rings is 1. The average Bonchev–Trinajstić information content (AvgIpc) is 3.10. The molecule has 0 aliphatic carbocycles. The van der Waals surface area contributed by atoms with Gasteiger partial charge in [-0.3, -0.25) is 4.79 Å². The van der Waals surface area contributed by atoms with E-state index < -0.39 is 0 Å². The number of piperidine rings is 1. The van der Waals surface area contributed by atoms with Gasteiger partial charge in [-0.05, 0) is 42.9 Å². The van der Waals surface area contributed by atoms with E-state index in [1.807, 2.05) is 60.4 Å². The van der Waals surface area contributed by atoms with E-state index in [1.54, 1.807) is 7.11 Å². The zero-order valence-electron chi connectivity index (χ0n) is 15.6. The smallest absolute Gasteiger partial charge is 0.222 e. The van der Waals surface area contributed by atoms with Crippen molar-refractivity contribution in [2.75, 3.05) is 26.0 Å². The molecular weight excluding hydrogens is 346 g/mol. The van der Waals surface area contributed by atoms with Crippen LogP contribution in [0.25, 0.3) is 0 Å². The fraction of sp³-hybridized carbons (Fsp3) is 0.500. The van der Waals surface area contributed by atoms with Crippen LogP contribution >= 0.6 is 11.8 Å². The third-order valence-corrected chi connectivity index (χ3v) is 6.27. The molecule has 0 bridgehead atoms. The highest BCUT2D eigenvalue weighted by atomic mass is 32.2. The van der Waals surface area contributed by atoms with Gasteiger partial charge in [-0.15, -0.1) is 0 Å². The number of amides is 1. The lowest BCUT2D eigenvalue weighted by atomic mass is 9.98. The summed E-state index contributed by atoms with van der Waals surface area (Å²) in [6, 6.07) is 7.97. The van der Waals surface area contributed by atoms with Gasteiger partial charge in [0.1, 0.15) is 5.75 Å².